The van der Waals surface area contributed by atoms with E-state index >= 15 is 0 Å². The van der Waals surface area contributed by atoms with Crippen molar-refractivity contribution < 1.29 is 13.2 Å². The number of hydrogen-bond donors (Lipinski definition) is 0. The van der Waals surface area contributed by atoms with Crippen molar-refractivity contribution in [1.29, 1.82) is 0 Å². The second-order valence-corrected chi connectivity index (χ2v) is 6.56. The first-order chi connectivity index (χ1) is 14.4. The van der Waals surface area contributed by atoms with Gasteiger partial charge in [-0.2, -0.15) is 18.3 Å². The molecule has 0 aliphatic heterocycles. The Hall–Kier alpha value is -3.92. The molecule has 0 saturated carbocycles. The summed E-state index contributed by atoms with van der Waals surface area (Å²) in [6.45, 7) is 0. The lowest BCUT2D eigenvalue weighted by molar-refractivity contribution is -0.137. The van der Waals surface area contributed by atoms with Gasteiger partial charge in [0, 0.05) is 48.5 Å². The average Bonchev–Trinajstić information content (AvgIpc) is 3.15. The van der Waals surface area contributed by atoms with Gasteiger partial charge in [-0.3, -0.25) is 9.67 Å². The molecule has 4 nitrogen and oxygen atoms in total. The first kappa shape index (κ1) is 19.4. The number of pyridine rings is 2. The Kier molecular flexibility index (Phi) is 5.07. The van der Waals surface area contributed by atoms with E-state index < -0.39 is 11.7 Å². The minimum atomic E-state index is -4.41. The van der Waals surface area contributed by atoms with Crippen molar-refractivity contribution >= 4 is 0 Å². The standard InChI is InChI=1S/C23H15F3N4/c1-30-15-21(17-10-12-27-13-11-17)22(29-30)18-5-2-16(3-6-18)4-8-20-9-7-19(14-28-20)23(24,25)26/h2-3,5-7,9-15H,1H3. The van der Waals surface area contributed by atoms with Crippen molar-refractivity contribution in [1.82, 2.24) is 19.7 Å². The molecule has 0 spiro atoms. The predicted molar refractivity (Wildman–Crippen MR) is 107 cm³/mol. The van der Waals surface area contributed by atoms with Crippen molar-refractivity contribution in [2.75, 3.05) is 0 Å². The highest BCUT2D eigenvalue weighted by atomic mass is 19.4. The van der Waals surface area contributed by atoms with Crippen LogP contribution < -0.4 is 0 Å². The molecule has 0 unspecified atom stereocenters. The molecular weight excluding hydrogens is 389 g/mol. The van der Waals surface area contributed by atoms with Crippen LogP contribution in [0.2, 0.25) is 0 Å². The van der Waals surface area contributed by atoms with E-state index in [-0.39, 0.29) is 5.69 Å². The Labute approximate surface area is 171 Å². The van der Waals surface area contributed by atoms with Gasteiger partial charge in [0.05, 0.1) is 5.56 Å². The van der Waals surface area contributed by atoms with Crippen LogP contribution in [0.4, 0.5) is 13.2 Å². The highest BCUT2D eigenvalue weighted by Crippen LogP contribution is 2.30. The topological polar surface area (TPSA) is 43.6 Å². The summed E-state index contributed by atoms with van der Waals surface area (Å²) < 4.78 is 39.6. The van der Waals surface area contributed by atoms with E-state index in [0.29, 0.717) is 0 Å². The maximum Gasteiger partial charge on any atom is 0.417 e. The molecule has 148 valence electrons. The summed E-state index contributed by atoms with van der Waals surface area (Å²) in [5, 5.41) is 4.57. The van der Waals surface area contributed by atoms with Crippen LogP contribution in [-0.2, 0) is 13.2 Å². The quantitative estimate of drug-likeness (QED) is 0.444. The fourth-order valence-corrected chi connectivity index (χ4v) is 2.93. The summed E-state index contributed by atoms with van der Waals surface area (Å²) in [7, 11) is 1.87. The van der Waals surface area contributed by atoms with Gasteiger partial charge in [0.1, 0.15) is 11.4 Å². The van der Waals surface area contributed by atoms with E-state index in [9.17, 15) is 13.2 Å². The normalized spacial score (nSPS) is 11.1. The smallest absolute Gasteiger partial charge is 0.275 e. The summed E-state index contributed by atoms with van der Waals surface area (Å²) in [6, 6.07) is 13.6. The molecule has 30 heavy (non-hydrogen) atoms. The van der Waals surface area contributed by atoms with Gasteiger partial charge in [0.2, 0.25) is 0 Å². The van der Waals surface area contributed by atoms with E-state index in [1.807, 2.05) is 49.6 Å². The molecule has 1 aromatic carbocycles. The molecular formula is C23H15F3N4. The van der Waals surface area contributed by atoms with Crippen molar-refractivity contribution in [2.24, 2.45) is 7.05 Å². The van der Waals surface area contributed by atoms with Crippen LogP contribution in [-0.4, -0.2) is 19.7 Å². The minimum Gasteiger partial charge on any atom is -0.275 e. The van der Waals surface area contributed by atoms with Crippen molar-refractivity contribution in [3.05, 3.63) is 90.1 Å². The Balaban J connectivity index is 1.58. The molecule has 0 radical (unpaired) electrons. The molecule has 3 aromatic heterocycles. The lowest BCUT2D eigenvalue weighted by Gasteiger charge is -2.04. The van der Waals surface area contributed by atoms with E-state index in [1.165, 1.54) is 6.07 Å². The number of aryl methyl sites for hydroxylation is 1. The van der Waals surface area contributed by atoms with Crippen molar-refractivity contribution in [3.63, 3.8) is 0 Å². The first-order valence-corrected chi connectivity index (χ1v) is 9.00. The van der Waals surface area contributed by atoms with Crippen LogP contribution in [0, 0.1) is 11.8 Å². The molecule has 0 bridgehead atoms. The predicted octanol–water partition coefficient (Wildman–Crippen LogP) is 4.96. The Bertz CT molecular complexity index is 1210. The number of rotatable bonds is 2. The van der Waals surface area contributed by atoms with Gasteiger partial charge in [-0.1, -0.05) is 18.1 Å². The van der Waals surface area contributed by atoms with Gasteiger partial charge in [-0.25, -0.2) is 4.98 Å². The van der Waals surface area contributed by atoms with Crippen LogP contribution in [0.15, 0.2) is 73.3 Å². The molecule has 4 aromatic rings. The maximum absolute atomic E-state index is 12.6. The van der Waals surface area contributed by atoms with Gasteiger partial charge < -0.3 is 0 Å². The summed E-state index contributed by atoms with van der Waals surface area (Å²) in [5.74, 6) is 5.71. The van der Waals surface area contributed by atoms with E-state index in [1.54, 1.807) is 17.1 Å². The SMILES string of the molecule is Cn1cc(-c2ccncc2)c(-c2ccc(C#Cc3ccc(C(F)(F)F)cn3)cc2)n1. The number of nitrogens with zero attached hydrogens (tertiary/aromatic N) is 4. The largest absolute Gasteiger partial charge is 0.417 e. The van der Waals surface area contributed by atoms with Gasteiger partial charge in [0.25, 0.3) is 0 Å². The highest BCUT2D eigenvalue weighted by molar-refractivity contribution is 5.80. The summed E-state index contributed by atoms with van der Waals surface area (Å²) in [4.78, 5) is 7.81. The zero-order valence-corrected chi connectivity index (χ0v) is 15.9. The van der Waals surface area contributed by atoms with E-state index in [0.717, 1.165) is 40.2 Å². The molecule has 3 heterocycles. The lowest BCUT2D eigenvalue weighted by Crippen LogP contribution is -2.05. The van der Waals surface area contributed by atoms with Crippen LogP contribution in [0.25, 0.3) is 22.4 Å². The summed E-state index contributed by atoms with van der Waals surface area (Å²) in [5.41, 5.74) is 3.99. The number of halogens is 3. The summed E-state index contributed by atoms with van der Waals surface area (Å²) >= 11 is 0. The summed E-state index contributed by atoms with van der Waals surface area (Å²) in [6.07, 6.45) is 1.80. The fraction of sp³-hybridized carbons (Fsp3) is 0.0870. The van der Waals surface area contributed by atoms with Crippen LogP contribution in [0.3, 0.4) is 0 Å². The number of aromatic nitrogens is 4. The molecule has 4 rings (SSSR count). The monoisotopic (exact) mass is 404 g/mol. The molecule has 0 atom stereocenters. The van der Waals surface area contributed by atoms with Gasteiger partial charge in [-0.05, 0) is 47.9 Å². The van der Waals surface area contributed by atoms with Crippen molar-refractivity contribution in [2.45, 2.75) is 6.18 Å². The molecule has 0 fully saturated rings. The Morgan fingerprint density at radius 3 is 2.23 bits per heavy atom. The number of hydrogen-bond acceptors (Lipinski definition) is 3. The van der Waals surface area contributed by atoms with Gasteiger partial charge >= 0.3 is 6.18 Å². The average molecular weight is 404 g/mol. The second-order valence-electron chi connectivity index (χ2n) is 6.56. The highest BCUT2D eigenvalue weighted by Gasteiger charge is 2.30. The first-order valence-electron chi connectivity index (χ1n) is 9.00. The molecule has 7 heteroatoms. The van der Waals surface area contributed by atoms with Crippen molar-refractivity contribution in [3.8, 4) is 34.2 Å². The third-order valence-corrected chi connectivity index (χ3v) is 4.40. The maximum atomic E-state index is 12.6. The molecule has 0 amide bonds. The van der Waals surface area contributed by atoms with E-state index in [2.05, 4.69) is 26.9 Å². The zero-order valence-electron chi connectivity index (χ0n) is 15.9. The molecule has 0 aliphatic rings. The van der Waals surface area contributed by atoms with Crippen LogP contribution >= 0.6 is 0 Å². The zero-order chi connectivity index (χ0) is 21.1. The van der Waals surface area contributed by atoms with Gasteiger partial charge in [-0.15, -0.1) is 0 Å². The van der Waals surface area contributed by atoms with Gasteiger partial charge in [0.15, 0.2) is 0 Å². The number of benzene rings is 1. The Morgan fingerprint density at radius 1 is 0.867 bits per heavy atom. The fourth-order valence-electron chi connectivity index (χ4n) is 2.93. The molecule has 0 aliphatic carbocycles. The second kappa shape index (κ2) is 7.84. The third-order valence-electron chi connectivity index (χ3n) is 4.40. The third kappa shape index (κ3) is 4.23. The molecule has 0 saturated heterocycles. The number of alkyl halides is 3. The lowest BCUT2D eigenvalue weighted by atomic mass is 10.0. The van der Waals surface area contributed by atoms with Crippen LogP contribution in [0.1, 0.15) is 16.8 Å². The minimum absolute atomic E-state index is 0.275. The molecule has 0 N–H and O–H groups in total. The Morgan fingerprint density at radius 2 is 1.60 bits per heavy atom. The van der Waals surface area contributed by atoms with Crippen LogP contribution in [0.5, 0.6) is 0 Å². The van der Waals surface area contributed by atoms with E-state index in [4.69, 9.17) is 0 Å².